The van der Waals surface area contributed by atoms with E-state index in [2.05, 4.69) is 11.0 Å². The first-order valence-electron chi connectivity index (χ1n) is 9.75. The van der Waals surface area contributed by atoms with Gasteiger partial charge < -0.3 is 4.74 Å². The van der Waals surface area contributed by atoms with Crippen LogP contribution in [0.25, 0.3) is 0 Å². The van der Waals surface area contributed by atoms with E-state index >= 15 is 0 Å². The third-order valence-corrected chi connectivity index (χ3v) is 6.92. The van der Waals surface area contributed by atoms with Crippen LogP contribution in [-0.2, 0) is 4.79 Å². The summed E-state index contributed by atoms with van der Waals surface area (Å²) in [5, 5.41) is 10.7. The first-order chi connectivity index (χ1) is 13.2. The van der Waals surface area contributed by atoms with Crippen molar-refractivity contribution in [3.63, 3.8) is 0 Å². The van der Waals surface area contributed by atoms with Gasteiger partial charge >= 0.3 is 0 Å². The smallest absolute Gasteiger partial charge is 0.229 e. The molecular formula is C21H25N3O2S. The molecule has 1 unspecified atom stereocenters. The van der Waals surface area contributed by atoms with E-state index in [0.717, 1.165) is 27.8 Å². The van der Waals surface area contributed by atoms with E-state index in [9.17, 15) is 10.1 Å². The van der Waals surface area contributed by atoms with Gasteiger partial charge in [0, 0.05) is 18.4 Å². The van der Waals surface area contributed by atoms with Crippen LogP contribution in [0.15, 0.2) is 34.9 Å². The van der Waals surface area contributed by atoms with E-state index < -0.39 is 0 Å². The van der Waals surface area contributed by atoms with Crippen molar-refractivity contribution < 1.29 is 9.53 Å². The Labute approximate surface area is 165 Å². The van der Waals surface area contributed by atoms with Crippen molar-refractivity contribution in [3.05, 3.63) is 40.4 Å². The minimum Gasteiger partial charge on any atom is -0.494 e. The molecule has 1 amide bonds. The van der Waals surface area contributed by atoms with Crippen molar-refractivity contribution in [2.75, 3.05) is 19.2 Å². The number of hydrogen-bond acceptors (Lipinski definition) is 5. The molecule has 1 aromatic rings. The van der Waals surface area contributed by atoms with Crippen LogP contribution in [0.4, 0.5) is 0 Å². The van der Waals surface area contributed by atoms with Crippen molar-refractivity contribution in [2.45, 2.75) is 51.0 Å². The van der Waals surface area contributed by atoms with E-state index in [1.54, 1.807) is 11.8 Å². The van der Waals surface area contributed by atoms with Crippen LogP contribution in [0.1, 0.15) is 50.5 Å². The summed E-state index contributed by atoms with van der Waals surface area (Å²) >= 11 is 1.65. The number of ether oxygens (including phenoxy) is 1. The van der Waals surface area contributed by atoms with Crippen LogP contribution in [0.2, 0.25) is 0 Å². The lowest BCUT2D eigenvalue weighted by Crippen LogP contribution is -2.50. The SMILES string of the molecule is CCOc1ccc(C2CC(=O)N3CN(C4CCCC4)CSC3=C2C#N)cc1. The quantitative estimate of drug-likeness (QED) is 0.785. The van der Waals surface area contributed by atoms with Crippen LogP contribution in [-0.4, -0.2) is 40.9 Å². The molecule has 1 atom stereocenters. The minimum atomic E-state index is -0.157. The maximum atomic E-state index is 12.9. The summed E-state index contributed by atoms with van der Waals surface area (Å²) in [6.07, 6.45) is 5.38. The molecule has 5 nitrogen and oxygen atoms in total. The molecule has 1 aliphatic carbocycles. The van der Waals surface area contributed by atoms with Gasteiger partial charge in [-0.3, -0.25) is 14.6 Å². The summed E-state index contributed by atoms with van der Waals surface area (Å²) in [4.78, 5) is 17.2. The molecule has 6 heteroatoms. The molecule has 2 aliphatic heterocycles. The fourth-order valence-electron chi connectivity index (χ4n) is 4.32. The van der Waals surface area contributed by atoms with Gasteiger partial charge in [0.2, 0.25) is 5.91 Å². The number of allylic oxidation sites excluding steroid dienone is 1. The Morgan fingerprint density at radius 2 is 2.00 bits per heavy atom. The molecule has 3 aliphatic rings. The highest BCUT2D eigenvalue weighted by Crippen LogP contribution is 2.43. The molecular weight excluding hydrogens is 358 g/mol. The number of thioether (sulfide) groups is 1. The number of amides is 1. The average Bonchev–Trinajstić information content (AvgIpc) is 3.23. The topological polar surface area (TPSA) is 56.6 Å². The van der Waals surface area contributed by atoms with Crippen LogP contribution in [0.3, 0.4) is 0 Å². The Bertz CT molecular complexity index is 778. The Balaban J connectivity index is 1.59. The van der Waals surface area contributed by atoms with Crippen molar-refractivity contribution in [1.82, 2.24) is 9.80 Å². The zero-order valence-electron chi connectivity index (χ0n) is 15.7. The molecule has 0 radical (unpaired) electrons. The molecule has 1 saturated carbocycles. The first-order valence-corrected chi connectivity index (χ1v) is 10.7. The predicted octanol–water partition coefficient (Wildman–Crippen LogP) is 4.04. The largest absolute Gasteiger partial charge is 0.494 e. The minimum absolute atomic E-state index is 0.123. The van der Waals surface area contributed by atoms with Gasteiger partial charge in [-0.25, -0.2) is 0 Å². The summed E-state index contributed by atoms with van der Waals surface area (Å²) in [5.41, 5.74) is 1.74. The van der Waals surface area contributed by atoms with Gasteiger partial charge in [0.15, 0.2) is 0 Å². The lowest BCUT2D eigenvalue weighted by atomic mass is 9.86. The van der Waals surface area contributed by atoms with Gasteiger partial charge in [0.25, 0.3) is 0 Å². The maximum Gasteiger partial charge on any atom is 0.229 e. The average molecular weight is 384 g/mol. The second-order valence-electron chi connectivity index (χ2n) is 7.35. The molecule has 0 aromatic heterocycles. The number of carbonyl (C=O) groups is 1. The van der Waals surface area contributed by atoms with Gasteiger partial charge in [0.1, 0.15) is 5.75 Å². The summed E-state index contributed by atoms with van der Waals surface area (Å²) in [7, 11) is 0. The van der Waals surface area contributed by atoms with Crippen LogP contribution < -0.4 is 4.74 Å². The molecule has 2 heterocycles. The highest BCUT2D eigenvalue weighted by atomic mass is 32.2. The highest BCUT2D eigenvalue weighted by molar-refractivity contribution is 8.03. The number of nitrogens with zero attached hydrogens (tertiary/aromatic N) is 3. The van der Waals surface area contributed by atoms with E-state index in [4.69, 9.17) is 4.74 Å². The van der Waals surface area contributed by atoms with Crippen molar-refractivity contribution in [2.24, 2.45) is 0 Å². The highest BCUT2D eigenvalue weighted by Gasteiger charge is 2.39. The van der Waals surface area contributed by atoms with Gasteiger partial charge in [-0.05, 0) is 37.5 Å². The second kappa shape index (κ2) is 7.95. The molecule has 0 N–H and O–H groups in total. The van der Waals surface area contributed by atoms with Crippen LogP contribution in [0.5, 0.6) is 5.75 Å². The molecule has 142 valence electrons. The zero-order valence-corrected chi connectivity index (χ0v) is 16.5. The molecule has 0 bridgehead atoms. The number of carbonyl (C=O) groups excluding carboxylic acids is 1. The molecule has 2 fully saturated rings. The first kappa shape index (κ1) is 18.4. The molecule has 1 aromatic carbocycles. The lowest BCUT2D eigenvalue weighted by Gasteiger charge is -2.43. The molecule has 0 spiro atoms. The van der Waals surface area contributed by atoms with Crippen molar-refractivity contribution >= 4 is 17.7 Å². The van der Waals surface area contributed by atoms with Gasteiger partial charge in [-0.2, -0.15) is 5.26 Å². The fraction of sp³-hybridized carbons (Fsp3) is 0.524. The van der Waals surface area contributed by atoms with Crippen LogP contribution >= 0.6 is 11.8 Å². The maximum absolute atomic E-state index is 12.9. The third-order valence-electron chi connectivity index (χ3n) is 5.75. The Morgan fingerprint density at radius 1 is 1.26 bits per heavy atom. The van der Waals surface area contributed by atoms with Gasteiger partial charge in [-0.1, -0.05) is 36.7 Å². The van der Waals surface area contributed by atoms with Crippen molar-refractivity contribution in [3.8, 4) is 11.8 Å². The number of hydrogen-bond donors (Lipinski definition) is 0. The van der Waals surface area contributed by atoms with E-state index in [1.807, 2.05) is 36.1 Å². The van der Waals surface area contributed by atoms with Gasteiger partial charge in [0.05, 0.1) is 35.8 Å². The summed E-state index contributed by atoms with van der Waals surface area (Å²) in [6, 6.07) is 10.8. The normalized spacial score (nSPS) is 24.1. The summed E-state index contributed by atoms with van der Waals surface area (Å²) in [6.45, 7) is 3.21. The van der Waals surface area contributed by atoms with Gasteiger partial charge in [-0.15, -0.1) is 0 Å². The zero-order chi connectivity index (χ0) is 18.8. The third kappa shape index (κ3) is 3.59. The monoisotopic (exact) mass is 383 g/mol. The molecule has 4 rings (SSSR count). The standard InChI is InChI=1S/C21H25N3O2S/c1-2-26-17-9-7-15(8-10-17)18-11-20(25)24-13-23(16-5-3-4-6-16)14-27-21(24)19(18)12-22/h7-10,16,18H,2-6,11,13-14H2,1H3. The summed E-state index contributed by atoms with van der Waals surface area (Å²) in [5.74, 6) is 1.65. The lowest BCUT2D eigenvalue weighted by molar-refractivity contribution is -0.132. The van der Waals surface area contributed by atoms with E-state index in [-0.39, 0.29) is 11.8 Å². The Hall–Kier alpha value is -1.97. The van der Waals surface area contributed by atoms with Crippen LogP contribution in [0, 0.1) is 11.3 Å². The Morgan fingerprint density at radius 3 is 2.67 bits per heavy atom. The predicted molar refractivity (Wildman–Crippen MR) is 106 cm³/mol. The number of fused-ring (bicyclic) bond motifs is 1. The number of nitriles is 1. The van der Waals surface area contributed by atoms with E-state index in [1.165, 1.54) is 25.7 Å². The Kier molecular flexibility index (Phi) is 5.42. The second-order valence-corrected chi connectivity index (χ2v) is 8.29. The molecule has 27 heavy (non-hydrogen) atoms. The van der Waals surface area contributed by atoms with Crippen molar-refractivity contribution in [1.29, 1.82) is 5.26 Å². The van der Waals surface area contributed by atoms with E-state index in [0.29, 0.717) is 25.7 Å². The molecule has 1 saturated heterocycles. The number of rotatable bonds is 4. The number of benzene rings is 1. The summed E-state index contributed by atoms with van der Waals surface area (Å²) < 4.78 is 5.51. The fourth-order valence-corrected chi connectivity index (χ4v) is 5.56.